The molecule has 0 aliphatic heterocycles. The van der Waals surface area contributed by atoms with Gasteiger partial charge in [0.15, 0.2) is 16.6 Å². The second-order valence-electron chi connectivity index (χ2n) is 10.9. The van der Waals surface area contributed by atoms with Crippen molar-refractivity contribution < 1.29 is 13.6 Å². The van der Waals surface area contributed by atoms with Crippen LogP contribution in [0.3, 0.4) is 0 Å². The van der Waals surface area contributed by atoms with Gasteiger partial charge in [0, 0.05) is 18.3 Å². The summed E-state index contributed by atoms with van der Waals surface area (Å²) >= 11 is 0. The molecule has 0 aliphatic carbocycles. The minimum absolute atomic E-state index is 0.0638. The molecule has 0 fully saturated rings. The molecular weight excluding hydrogens is 392 g/mol. The maximum absolute atomic E-state index is 12.7. The van der Waals surface area contributed by atoms with E-state index >= 15 is 0 Å². The van der Waals surface area contributed by atoms with E-state index in [0.29, 0.717) is 18.1 Å². The summed E-state index contributed by atoms with van der Waals surface area (Å²) in [5.41, 5.74) is 0. The second kappa shape index (κ2) is 11.6. The van der Waals surface area contributed by atoms with Crippen LogP contribution in [0.25, 0.3) is 0 Å². The number of carbonyl (C=O) groups excluding carboxylic acids is 1. The fourth-order valence-corrected chi connectivity index (χ4v) is 8.53. The predicted molar refractivity (Wildman–Crippen MR) is 133 cm³/mol. The molecular formula is C24H52O3Si2. The van der Waals surface area contributed by atoms with E-state index in [1.807, 2.05) is 6.92 Å². The van der Waals surface area contributed by atoms with Gasteiger partial charge >= 0.3 is 0 Å². The summed E-state index contributed by atoms with van der Waals surface area (Å²) in [6, 6.07) is 3.31. The van der Waals surface area contributed by atoms with Gasteiger partial charge in [-0.05, 0) is 42.2 Å². The number of hydrogen-bond donors (Lipinski definition) is 0. The van der Waals surface area contributed by atoms with Gasteiger partial charge in [-0.15, -0.1) is 0 Å². The third-order valence-electron chi connectivity index (χ3n) is 7.60. The van der Waals surface area contributed by atoms with Crippen molar-refractivity contribution >= 4 is 22.4 Å². The molecule has 29 heavy (non-hydrogen) atoms. The quantitative estimate of drug-likeness (QED) is 0.273. The molecule has 4 atom stereocenters. The monoisotopic (exact) mass is 444 g/mol. The fraction of sp³-hybridized carbons (Fsp3) is 0.958. The van der Waals surface area contributed by atoms with Crippen molar-refractivity contribution in [2.24, 2.45) is 17.8 Å². The van der Waals surface area contributed by atoms with Gasteiger partial charge in [0.1, 0.15) is 5.78 Å². The van der Waals surface area contributed by atoms with Crippen molar-refractivity contribution in [2.75, 3.05) is 0 Å². The molecule has 0 heterocycles. The molecule has 0 spiro atoms. The molecule has 0 amide bonds. The molecule has 174 valence electrons. The lowest BCUT2D eigenvalue weighted by Crippen LogP contribution is -2.53. The van der Waals surface area contributed by atoms with Gasteiger partial charge in [0.2, 0.25) is 0 Å². The van der Waals surface area contributed by atoms with Gasteiger partial charge < -0.3 is 8.85 Å². The van der Waals surface area contributed by atoms with Crippen molar-refractivity contribution in [2.45, 2.75) is 131 Å². The molecule has 0 N–H and O–H groups in total. The lowest BCUT2D eigenvalue weighted by Gasteiger charge is -2.46. The van der Waals surface area contributed by atoms with E-state index < -0.39 is 16.6 Å². The Bertz CT molecular complexity index is 485. The maximum Gasteiger partial charge on any atom is 0.192 e. The van der Waals surface area contributed by atoms with Gasteiger partial charge in [-0.25, -0.2) is 0 Å². The van der Waals surface area contributed by atoms with E-state index in [2.05, 4.69) is 82.3 Å². The normalized spacial score (nSPS) is 17.9. The molecule has 0 unspecified atom stereocenters. The molecule has 0 aliphatic rings. The Kier molecular flexibility index (Phi) is 11.6. The van der Waals surface area contributed by atoms with Crippen LogP contribution in [0.4, 0.5) is 0 Å². The topological polar surface area (TPSA) is 35.5 Å². The van der Waals surface area contributed by atoms with Crippen molar-refractivity contribution in [1.29, 1.82) is 0 Å². The standard InChI is InChI=1S/C24H52O3Si2/c1-14-21(25)19(7)23(27-29(15-2,16-3)17-4)20(8)22(18(5)6)26-28(12,13)24(9,10)11/h18-20,22-23H,14-17H2,1-13H3/t19-,20+,22+,23-/m0/s1. The first-order chi connectivity index (χ1) is 13.1. The highest BCUT2D eigenvalue weighted by atomic mass is 28.4. The minimum atomic E-state index is -1.92. The largest absolute Gasteiger partial charge is 0.413 e. The van der Waals surface area contributed by atoms with E-state index in [0.717, 1.165) is 18.1 Å². The SMILES string of the molecule is CCC(=O)[C@H](C)[C@H](O[Si](CC)(CC)CC)[C@H](C)[C@H](O[Si](C)(C)C(C)(C)C)C(C)C. The Morgan fingerprint density at radius 1 is 0.828 bits per heavy atom. The molecule has 0 aromatic heterocycles. The molecule has 0 rings (SSSR count). The molecule has 0 radical (unpaired) electrons. The second-order valence-corrected chi connectivity index (χ2v) is 20.4. The van der Waals surface area contributed by atoms with Crippen molar-refractivity contribution in [3.8, 4) is 0 Å². The molecule has 0 aromatic carbocycles. The van der Waals surface area contributed by atoms with E-state index in [1.54, 1.807) is 0 Å². The van der Waals surface area contributed by atoms with E-state index in [9.17, 15) is 4.79 Å². The number of Topliss-reactive ketones (excluding diaryl/α,β-unsaturated/α-hetero) is 1. The molecule has 0 bridgehead atoms. The van der Waals surface area contributed by atoms with Gasteiger partial charge in [-0.2, -0.15) is 0 Å². The zero-order valence-corrected chi connectivity index (χ0v) is 23.9. The summed E-state index contributed by atoms with van der Waals surface area (Å²) < 4.78 is 14.0. The summed E-state index contributed by atoms with van der Waals surface area (Å²) in [6.07, 6.45) is 0.610. The fourth-order valence-electron chi connectivity index (χ4n) is 4.01. The summed E-state index contributed by atoms with van der Waals surface area (Å²) in [4.78, 5) is 12.7. The molecule has 0 saturated heterocycles. The minimum Gasteiger partial charge on any atom is -0.413 e. The van der Waals surface area contributed by atoms with Gasteiger partial charge in [0.25, 0.3) is 0 Å². The molecule has 3 nitrogen and oxygen atoms in total. The highest BCUT2D eigenvalue weighted by Crippen LogP contribution is 2.41. The van der Waals surface area contributed by atoms with Crippen molar-refractivity contribution in [3.63, 3.8) is 0 Å². The first-order valence-electron chi connectivity index (χ1n) is 12.0. The third kappa shape index (κ3) is 7.58. The molecule has 0 saturated carbocycles. The van der Waals surface area contributed by atoms with Gasteiger partial charge in [-0.1, -0.05) is 76.2 Å². The number of ketones is 1. The highest BCUT2D eigenvalue weighted by molar-refractivity contribution is 6.74. The predicted octanol–water partition coefficient (Wildman–Crippen LogP) is 7.67. The van der Waals surface area contributed by atoms with Crippen LogP contribution in [0, 0.1) is 17.8 Å². The Morgan fingerprint density at radius 2 is 1.28 bits per heavy atom. The summed E-state index contributed by atoms with van der Waals surface area (Å²) in [5, 5.41) is 0.163. The Balaban J connectivity index is 6.07. The zero-order chi connectivity index (χ0) is 23.2. The van der Waals surface area contributed by atoms with Crippen LogP contribution in [0.5, 0.6) is 0 Å². The van der Waals surface area contributed by atoms with Crippen molar-refractivity contribution in [3.05, 3.63) is 0 Å². The Morgan fingerprint density at radius 3 is 1.59 bits per heavy atom. The Labute approximate surface area is 185 Å². The molecule has 5 heteroatoms. The van der Waals surface area contributed by atoms with E-state index in [4.69, 9.17) is 8.85 Å². The summed E-state index contributed by atoms with van der Waals surface area (Å²) in [5.74, 6) is 0.792. The van der Waals surface area contributed by atoms with Crippen LogP contribution < -0.4 is 0 Å². The smallest absolute Gasteiger partial charge is 0.192 e. The van der Waals surface area contributed by atoms with Gasteiger partial charge in [-0.3, -0.25) is 4.79 Å². The number of hydrogen-bond acceptors (Lipinski definition) is 3. The number of rotatable bonds is 13. The van der Waals surface area contributed by atoms with Crippen LogP contribution in [-0.2, 0) is 13.6 Å². The van der Waals surface area contributed by atoms with Crippen LogP contribution in [0.1, 0.15) is 82.6 Å². The highest BCUT2D eigenvalue weighted by Gasteiger charge is 2.45. The maximum atomic E-state index is 12.7. The Hall–Kier alpha value is 0.0238. The lowest BCUT2D eigenvalue weighted by atomic mass is 9.83. The van der Waals surface area contributed by atoms with Crippen molar-refractivity contribution in [1.82, 2.24) is 0 Å². The zero-order valence-electron chi connectivity index (χ0n) is 21.9. The average Bonchev–Trinajstić information content (AvgIpc) is 2.65. The van der Waals surface area contributed by atoms with E-state index in [-0.39, 0.29) is 29.1 Å². The molecule has 0 aromatic rings. The first-order valence-corrected chi connectivity index (χ1v) is 17.4. The van der Waals surface area contributed by atoms with Crippen LogP contribution in [-0.4, -0.2) is 34.6 Å². The first kappa shape index (κ1) is 29.0. The van der Waals surface area contributed by atoms with E-state index in [1.165, 1.54) is 0 Å². The number of carbonyl (C=O) groups is 1. The third-order valence-corrected chi connectivity index (χ3v) is 16.7. The summed E-state index contributed by atoms with van der Waals surface area (Å²) in [6.45, 7) is 29.1. The average molecular weight is 445 g/mol. The van der Waals surface area contributed by atoms with Crippen LogP contribution in [0.15, 0.2) is 0 Å². The lowest BCUT2D eigenvalue weighted by molar-refractivity contribution is -0.127. The summed E-state index contributed by atoms with van der Waals surface area (Å²) in [7, 11) is -3.76. The van der Waals surface area contributed by atoms with Crippen LogP contribution >= 0.6 is 0 Å². The van der Waals surface area contributed by atoms with Crippen LogP contribution in [0.2, 0.25) is 36.3 Å². The van der Waals surface area contributed by atoms with Gasteiger partial charge in [0.05, 0.1) is 12.2 Å².